The molecule has 0 aliphatic rings. The smallest absolute Gasteiger partial charge is 0.175 e. The molecule has 0 saturated heterocycles. The minimum Gasteiger partial charge on any atom is -0.263 e. The van der Waals surface area contributed by atoms with E-state index in [0.717, 1.165) is 33.5 Å². The number of hydrogen-bond acceptors (Lipinski definition) is 4. The maximum absolute atomic E-state index is 11.8. The summed E-state index contributed by atoms with van der Waals surface area (Å²) in [6, 6.07) is 11.4. The lowest BCUT2D eigenvalue weighted by molar-refractivity contribution is 0.569. The summed E-state index contributed by atoms with van der Waals surface area (Å²) in [5, 5.41) is 0. The van der Waals surface area contributed by atoms with Gasteiger partial charge in [-0.2, -0.15) is 0 Å². The van der Waals surface area contributed by atoms with Crippen molar-refractivity contribution >= 4 is 9.84 Å². The second-order valence-electron chi connectivity index (χ2n) is 7.89. The lowest BCUT2D eigenvalue weighted by Crippen LogP contribution is -2.13. The normalized spacial score (nSPS) is 12.2. The van der Waals surface area contributed by atoms with Crippen LogP contribution in [0.1, 0.15) is 32.0 Å². The zero-order valence-corrected chi connectivity index (χ0v) is 17.1. The predicted octanol–water partition coefficient (Wildman–Crippen LogP) is 4.82. The van der Waals surface area contributed by atoms with Crippen LogP contribution in [0.5, 0.6) is 0 Å². The summed E-state index contributed by atoms with van der Waals surface area (Å²) in [6.07, 6.45) is 6.69. The van der Waals surface area contributed by atoms with Gasteiger partial charge in [-0.15, -0.1) is 0 Å². The summed E-state index contributed by atoms with van der Waals surface area (Å²) in [7, 11) is -3.22. The van der Waals surface area contributed by atoms with Crippen LogP contribution in [0.25, 0.3) is 22.3 Å². The third kappa shape index (κ3) is 4.25. The van der Waals surface area contributed by atoms with Gasteiger partial charge in [0.25, 0.3) is 0 Å². The van der Waals surface area contributed by atoms with Crippen molar-refractivity contribution < 1.29 is 8.42 Å². The third-order valence-electron chi connectivity index (χ3n) is 4.54. The van der Waals surface area contributed by atoms with Crippen molar-refractivity contribution in [2.24, 2.45) is 0 Å². The fraction of sp³-hybridized carbons (Fsp3) is 0.273. The van der Waals surface area contributed by atoms with E-state index in [0.29, 0.717) is 4.90 Å². The molecular formula is C22H24N2O2S. The number of rotatable bonds is 3. The van der Waals surface area contributed by atoms with Gasteiger partial charge in [0.1, 0.15) is 0 Å². The minimum atomic E-state index is -3.22. The summed E-state index contributed by atoms with van der Waals surface area (Å²) in [6.45, 7) is 8.34. The lowest BCUT2D eigenvalue weighted by atomic mass is 9.90. The molecule has 0 N–H and O–H groups in total. The Kier molecular flexibility index (Phi) is 4.91. The Morgan fingerprint density at radius 2 is 1.59 bits per heavy atom. The molecule has 0 aliphatic heterocycles. The monoisotopic (exact) mass is 380 g/mol. The second-order valence-corrected chi connectivity index (χ2v) is 9.91. The van der Waals surface area contributed by atoms with Crippen LogP contribution in [-0.2, 0) is 15.3 Å². The van der Waals surface area contributed by atoms with E-state index in [1.54, 1.807) is 18.3 Å². The molecule has 0 unspecified atom stereocenters. The Hall–Kier alpha value is -2.53. The molecule has 0 amide bonds. The van der Waals surface area contributed by atoms with Gasteiger partial charge in [-0.1, -0.05) is 26.8 Å². The fourth-order valence-electron chi connectivity index (χ4n) is 2.96. The van der Waals surface area contributed by atoms with Crippen LogP contribution in [0.15, 0.2) is 59.9 Å². The Labute approximate surface area is 161 Å². The molecule has 0 atom stereocenters. The van der Waals surface area contributed by atoms with Gasteiger partial charge in [0.15, 0.2) is 9.84 Å². The highest BCUT2D eigenvalue weighted by Crippen LogP contribution is 2.30. The van der Waals surface area contributed by atoms with Gasteiger partial charge in [0, 0.05) is 47.1 Å². The molecule has 0 fully saturated rings. The number of aromatic nitrogens is 2. The Morgan fingerprint density at radius 1 is 0.889 bits per heavy atom. The highest BCUT2D eigenvalue weighted by molar-refractivity contribution is 7.90. The maximum atomic E-state index is 11.8. The molecule has 2 aromatic heterocycles. The highest BCUT2D eigenvalue weighted by Gasteiger charge is 2.16. The van der Waals surface area contributed by atoms with Crippen LogP contribution in [0, 0.1) is 6.92 Å². The average Bonchev–Trinajstić information content (AvgIpc) is 2.60. The largest absolute Gasteiger partial charge is 0.263 e. The van der Waals surface area contributed by atoms with Gasteiger partial charge in [0.05, 0.1) is 4.90 Å². The van der Waals surface area contributed by atoms with Crippen LogP contribution in [0.4, 0.5) is 0 Å². The fourth-order valence-corrected chi connectivity index (χ4v) is 3.66. The van der Waals surface area contributed by atoms with Crippen molar-refractivity contribution in [3.8, 4) is 22.3 Å². The first kappa shape index (κ1) is 19.2. The summed E-state index contributed by atoms with van der Waals surface area (Å²) in [4.78, 5) is 9.22. The van der Waals surface area contributed by atoms with Crippen LogP contribution in [0.2, 0.25) is 0 Å². The van der Waals surface area contributed by atoms with Gasteiger partial charge >= 0.3 is 0 Å². The van der Waals surface area contributed by atoms with Crippen molar-refractivity contribution in [3.05, 3.63) is 66.2 Å². The molecule has 1 aromatic carbocycles. The van der Waals surface area contributed by atoms with Crippen molar-refractivity contribution in [2.45, 2.75) is 38.0 Å². The molecule has 2 heterocycles. The molecule has 0 radical (unpaired) electrons. The van der Waals surface area contributed by atoms with E-state index in [1.165, 1.54) is 6.26 Å². The number of benzene rings is 1. The molecule has 27 heavy (non-hydrogen) atoms. The van der Waals surface area contributed by atoms with Crippen molar-refractivity contribution in [1.82, 2.24) is 9.97 Å². The summed E-state index contributed by atoms with van der Waals surface area (Å²) < 4.78 is 23.5. The van der Waals surface area contributed by atoms with E-state index >= 15 is 0 Å². The molecule has 0 aliphatic carbocycles. The zero-order chi connectivity index (χ0) is 19.8. The highest BCUT2D eigenvalue weighted by atomic mass is 32.2. The first-order chi connectivity index (χ1) is 12.6. The van der Waals surface area contributed by atoms with E-state index < -0.39 is 9.84 Å². The first-order valence-corrected chi connectivity index (χ1v) is 10.7. The molecule has 4 nitrogen and oxygen atoms in total. The van der Waals surface area contributed by atoms with Crippen molar-refractivity contribution in [2.75, 3.05) is 6.26 Å². The first-order valence-electron chi connectivity index (χ1n) is 8.79. The Bertz CT molecular complexity index is 1100. The number of hydrogen-bond donors (Lipinski definition) is 0. The van der Waals surface area contributed by atoms with Crippen LogP contribution >= 0.6 is 0 Å². The maximum Gasteiger partial charge on any atom is 0.175 e. The molecule has 0 bridgehead atoms. The molecular weight excluding hydrogens is 356 g/mol. The van der Waals surface area contributed by atoms with Gasteiger partial charge in [0.2, 0.25) is 0 Å². The SMILES string of the molecule is Cc1cc(S(C)(=O)=O)ccc1-c1cncc(-c2ccnc(C(C)(C)C)c2)c1. The molecule has 140 valence electrons. The number of nitrogens with zero attached hydrogens (tertiary/aromatic N) is 2. The number of aryl methyl sites for hydroxylation is 1. The standard InChI is InChI=1S/C22H24N2O2S/c1-15-10-19(27(5,25)26)6-7-20(15)18-11-17(13-23-14-18)16-8-9-24-21(12-16)22(2,3)4/h6-14H,1-5H3. The summed E-state index contributed by atoms with van der Waals surface area (Å²) in [5.74, 6) is 0. The van der Waals surface area contributed by atoms with Crippen LogP contribution in [-0.4, -0.2) is 24.6 Å². The lowest BCUT2D eigenvalue weighted by Gasteiger charge is -2.18. The zero-order valence-electron chi connectivity index (χ0n) is 16.3. The molecule has 5 heteroatoms. The minimum absolute atomic E-state index is 0.0287. The quantitative estimate of drug-likeness (QED) is 0.653. The van der Waals surface area contributed by atoms with E-state index in [9.17, 15) is 8.42 Å². The van der Waals surface area contributed by atoms with E-state index in [1.807, 2.05) is 31.5 Å². The van der Waals surface area contributed by atoms with Crippen molar-refractivity contribution in [1.29, 1.82) is 0 Å². The van der Waals surface area contributed by atoms with E-state index in [2.05, 4.69) is 42.9 Å². The van der Waals surface area contributed by atoms with E-state index in [4.69, 9.17) is 0 Å². The van der Waals surface area contributed by atoms with Gasteiger partial charge in [-0.25, -0.2) is 8.42 Å². The van der Waals surface area contributed by atoms with Crippen LogP contribution < -0.4 is 0 Å². The van der Waals surface area contributed by atoms with Gasteiger partial charge in [-0.3, -0.25) is 9.97 Å². The molecule has 0 spiro atoms. The Balaban J connectivity index is 2.05. The van der Waals surface area contributed by atoms with E-state index in [-0.39, 0.29) is 5.41 Å². The topological polar surface area (TPSA) is 59.9 Å². The summed E-state index contributed by atoms with van der Waals surface area (Å²) >= 11 is 0. The Morgan fingerprint density at radius 3 is 2.22 bits per heavy atom. The van der Waals surface area contributed by atoms with Gasteiger partial charge < -0.3 is 0 Å². The molecule has 3 aromatic rings. The summed E-state index contributed by atoms with van der Waals surface area (Å²) in [5.41, 5.74) is 5.91. The molecule has 0 saturated carbocycles. The predicted molar refractivity (Wildman–Crippen MR) is 109 cm³/mol. The van der Waals surface area contributed by atoms with Crippen LogP contribution in [0.3, 0.4) is 0 Å². The number of pyridine rings is 2. The second kappa shape index (κ2) is 6.89. The van der Waals surface area contributed by atoms with Crippen molar-refractivity contribution in [3.63, 3.8) is 0 Å². The van der Waals surface area contributed by atoms with Gasteiger partial charge in [-0.05, 0) is 53.9 Å². The third-order valence-corrected chi connectivity index (χ3v) is 5.65. The molecule has 3 rings (SSSR count). The average molecular weight is 381 g/mol. The number of sulfone groups is 1.